The highest BCUT2D eigenvalue weighted by Crippen LogP contribution is 2.43. The molecule has 11 aromatic rings. The Morgan fingerprint density at radius 1 is 0.304 bits per heavy atom. The molecule has 11 rings (SSSR count). The molecule has 0 aliphatic rings. The van der Waals surface area contributed by atoms with Gasteiger partial charge in [-0.1, -0.05) is 164 Å². The quantitative estimate of drug-likeness (QED) is 0.170. The minimum absolute atomic E-state index is 0.709. The molecular formula is C50H30N4S2. The number of rotatable bonds is 6. The second-order valence-corrected chi connectivity index (χ2v) is 15.8. The number of hydrogen-bond donors (Lipinski definition) is 0. The first-order valence-corrected chi connectivity index (χ1v) is 20.2. The summed E-state index contributed by atoms with van der Waals surface area (Å²) >= 11 is 3.44. The normalized spacial score (nSPS) is 11.6. The van der Waals surface area contributed by atoms with Gasteiger partial charge in [0, 0.05) is 53.2 Å². The van der Waals surface area contributed by atoms with E-state index in [0.717, 1.165) is 76.3 Å². The molecule has 6 heteroatoms. The fourth-order valence-corrected chi connectivity index (χ4v) is 9.97. The van der Waals surface area contributed by atoms with Crippen molar-refractivity contribution in [3.63, 3.8) is 0 Å². The van der Waals surface area contributed by atoms with Crippen LogP contribution in [-0.2, 0) is 0 Å². The number of benzene rings is 7. The van der Waals surface area contributed by atoms with Crippen molar-refractivity contribution >= 4 is 63.3 Å². The summed E-state index contributed by atoms with van der Waals surface area (Å²) < 4.78 is 2.41. The first-order chi connectivity index (χ1) is 27.8. The molecule has 4 nitrogen and oxygen atoms in total. The maximum atomic E-state index is 5.36. The van der Waals surface area contributed by atoms with Crippen LogP contribution in [0.4, 0.5) is 0 Å². The molecule has 0 saturated carbocycles. The van der Waals surface area contributed by atoms with Crippen LogP contribution in [0.15, 0.2) is 182 Å². The average Bonchev–Trinajstić information content (AvgIpc) is 3.85. The van der Waals surface area contributed by atoms with Gasteiger partial charge in [-0.15, -0.1) is 22.7 Å². The first kappa shape index (κ1) is 32.6. The van der Waals surface area contributed by atoms with Gasteiger partial charge in [-0.05, 0) is 40.5 Å². The van der Waals surface area contributed by atoms with Gasteiger partial charge in [0.05, 0.1) is 11.4 Å². The first-order valence-electron chi connectivity index (χ1n) is 18.6. The topological polar surface area (TPSA) is 51.6 Å². The van der Waals surface area contributed by atoms with Crippen molar-refractivity contribution in [3.8, 4) is 67.5 Å². The van der Waals surface area contributed by atoms with E-state index in [9.17, 15) is 0 Å². The van der Waals surface area contributed by atoms with Gasteiger partial charge in [0.2, 0.25) is 0 Å². The summed E-state index contributed by atoms with van der Waals surface area (Å²) in [7, 11) is 0. The van der Waals surface area contributed by atoms with Crippen molar-refractivity contribution in [2.24, 2.45) is 0 Å². The molecule has 0 N–H and O–H groups in total. The molecule has 0 saturated heterocycles. The fourth-order valence-electron chi connectivity index (χ4n) is 7.81. The van der Waals surface area contributed by atoms with Gasteiger partial charge >= 0.3 is 0 Å². The zero-order valence-corrected chi connectivity index (χ0v) is 31.6. The summed E-state index contributed by atoms with van der Waals surface area (Å²) in [5.74, 6) is 1.42. The minimum atomic E-state index is 0.709. The SMILES string of the molecule is c1ccc(-c2nc(-c3cccc(-c4ccccc4-c4ccccc4-c4nc(-c5ccccc5)c5c(n4)sc4ccccc45)c3)nc3sc4ccccc4c23)cc1. The Hall–Kier alpha value is -6.86. The van der Waals surface area contributed by atoms with E-state index < -0.39 is 0 Å². The van der Waals surface area contributed by atoms with Gasteiger partial charge in [-0.3, -0.25) is 0 Å². The van der Waals surface area contributed by atoms with E-state index in [1.165, 1.54) is 20.2 Å². The maximum Gasteiger partial charge on any atom is 0.162 e. The summed E-state index contributed by atoms with van der Waals surface area (Å²) in [6.07, 6.45) is 0. The molecule has 0 aliphatic heterocycles. The molecular weight excluding hydrogens is 721 g/mol. The standard InChI is InChI=1S/C50H30N4S2/c1-3-16-31(17-4-1)45-43-39-26-11-13-28-41(39)55-49(43)53-47(51-45)34-21-15-20-33(30-34)35-22-7-8-23-36(35)37-24-9-10-25-38(37)48-52-46(32-18-5-2-6-19-32)44-40-27-12-14-29-42(40)56-50(44)54-48/h1-30H. The molecule has 0 amide bonds. The highest BCUT2D eigenvalue weighted by Gasteiger charge is 2.21. The number of nitrogens with zero attached hydrogens (tertiary/aromatic N) is 4. The predicted molar refractivity (Wildman–Crippen MR) is 236 cm³/mol. The maximum absolute atomic E-state index is 5.36. The second kappa shape index (κ2) is 13.5. The third-order valence-corrected chi connectivity index (χ3v) is 12.5. The Morgan fingerprint density at radius 2 is 0.732 bits per heavy atom. The molecule has 0 fully saturated rings. The Balaban J connectivity index is 1.07. The van der Waals surface area contributed by atoms with E-state index in [0.29, 0.717) is 11.6 Å². The highest BCUT2D eigenvalue weighted by molar-refractivity contribution is 7.26. The lowest BCUT2D eigenvalue weighted by atomic mass is 9.91. The van der Waals surface area contributed by atoms with Gasteiger partial charge in [0.25, 0.3) is 0 Å². The third-order valence-electron chi connectivity index (χ3n) is 10.4. The van der Waals surface area contributed by atoms with E-state index in [2.05, 4.69) is 170 Å². The lowest BCUT2D eigenvalue weighted by Gasteiger charge is -2.15. The molecule has 0 aliphatic carbocycles. The van der Waals surface area contributed by atoms with E-state index in [4.69, 9.17) is 19.9 Å². The highest BCUT2D eigenvalue weighted by atomic mass is 32.1. The minimum Gasteiger partial charge on any atom is -0.227 e. The molecule has 262 valence electrons. The molecule has 7 aromatic carbocycles. The van der Waals surface area contributed by atoms with Crippen molar-refractivity contribution in [2.75, 3.05) is 0 Å². The smallest absolute Gasteiger partial charge is 0.162 e. The zero-order valence-electron chi connectivity index (χ0n) is 29.9. The largest absolute Gasteiger partial charge is 0.227 e. The van der Waals surface area contributed by atoms with Crippen molar-refractivity contribution < 1.29 is 0 Å². The van der Waals surface area contributed by atoms with Crippen LogP contribution in [-0.4, -0.2) is 19.9 Å². The summed E-state index contributed by atoms with van der Waals surface area (Å²) in [4.78, 5) is 23.1. The summed E-state index contributed by atoms with van der Waals surface area (Å²) in [6.45, 7) is 0. The van der Waals surface area contributed by atoms with Crippen molar-refractivity contribution in [3.05, 3.63) is 182 Å². The van der Waals surface area contributed by atoms with Crippen LogP contribution < -0.4 is 0 Å². The average molecular weight is 751 g/mol. The molecule has 0 spiro atoms. The summed E-state index contributed by atoms with van der Waals surface area (Å²) in [6, 6.07) is 63.7. The third kappa shape index (κ3) is 5.50. The van der Waals surface area contributed by atoms with Crippen molar-refractivity contribution in [1.29, 1.82) is 0 Å². The van der Waals surface area contributed by atoms with Crippen LogP contribution in [0.3, 0.4) is 0 Å². The Labute approximate surface area is 331 Å². The van der Waals surface area contributed by atoms with Crippen LogP contribution in [0.5, 0.6) is 0 Å². The number of thiophene rings is 2. The molecule has 56 heavy (non-hydrogen) atoms. The summed E-state index contributed by atoms with van der Waals surface area (Å²) in [5.41, 5.74) is 10.4. The molecule has 0 radical (unpaired) electrons. The fraction of sp³-hybridized carbons (Fsp3) is 0. The number of aromatic nitrogens is 4. The Kier molecular flexibility index (Phi) is 7.83. The van der Waals surface area contributed by atoms with E-state index in [-0.39, 0.29) is 0 Å². The van der Waals surface area contributed by atoms with E-state index >= 15 is 0 Å². The van der Waals surface area contributed by atoms with Gasteiger partial charge in [-0.25, -0.2) is 19.9 Å². The van der Waals surface area contributed by atoms with Gasteiger partial charge in [0.15, 0.2) is 11.6 Å². The van der Waals surface area contributed by atoms with Crippen LogP contribution in [0.25, 0.3) is 108 Å². The lowest BCUT2D eigenvalue weighted by molar-refractivity contribution is 1.24. The van der Waals surface area contributed by atoms with Gasteiger partial charge < -0.3 is 0 Å². The summed E-state index contributed by atoms with van der Waals surface area (Å²) in [5, 5.41) is 4.57. The molecule has 0 unspecified atom stereocenters. The molecule has 0 atom stereocenters. The van der Waals surface area contributed by atoms with Crippen LogP contribution in [0.1, 0.15) is 0 Å². The van der Waals surface area contributed by atoms with Crippen molar-refractivity contribution in [2.45, 2.75) is 0 Å². The van der Waals surface area contributed by atoms with Crippen LogP contribution in [0, 0.1) is 0 Å². The van der Waals surface area contributed by atoms with Crippen LogP contribution in [0.2, 0.25) is 0 Å². The van der Waals surface area contributed by atoms with Gasteiger partial charge in [0.1, 0.15) is 9.66 Å². The number of fused-ring (bicyclic) bond motifs is 6. The molecule has 0 bridgehead atoms. The predicted octanol–water partition coefficient (Wildman–Crippen LogP) is 14.0. The number of hydrogen-bond acceptors (Lipinski definition) is 6. The Morgan fingerprint density at radius 3 is 1.34 bits per heavy atom. The van der Waals surface area contributed by atoms with Crippen LogP contribution >= 0.6 is 22.7 Å². The van der Waals surface area contributed by atoms with E-state index in [1.54, 1.807) is 22.7 Å². The molecule has 4 aromatic heterocycles. The second-order valence-electron chi connectivity index (χ2n) is 13.8. The van der Waals surface area contributed by atoms with E-state index in [1.807, 2.05) is 12.1 Å². The zero-order chi connectivity index (χ0) is 37.0. The lowest BCUT2D eigenvalue weighted by Crippen LogP contribution is -1.96. The van der Waals surface area contributed by atoms with Crippen molar-refractivity contribution in [1.82, 2.24) is 19.9 Å². The van der Waals surface area contributed by atoms with Gasteiger partial charge in [-0.2, -0.15) is 0 Å². The molecule has 4 heterocycles. The monoisotopic (exact) mass is 750 g/mol. The Bertz CT molecular complexity index is 3260.